The number of rotatable bonds is 2. The third-order valence-electron chi connectivity index (χ3n) is 4.71. The van der Waals surface area contributed by atoms with Crippen molar-refractivity contribution < 1.29 is 10.2 Å². The molecule has 3 nitrogen and oxygen atoms in total. The van der Waals surface area contributed by atoms with Crippen molar-refractivity contribution in [2.75, 3.05) is 6.54 Å². The van der Waals surface area contributed by atoms with Gasteiger partial charge in [0, 0.05) is 17.7 Å². The van der Waals surface area contributed by atoms with Crippen molar-refractivity contribution in [3.8, 4) is 5.75 Å². The van der Waals surface area contributed by atoms with Crippen LogP contribution in [0.15, 0.2) is 54.6 Å². The molecule has 116 valence electrons. The molecule has 3 N–H and O–H groups in total. The lowest BCUT2D eigenvalue weighted by Gasteiger charge is -2.29. The second-order valence-corrected chi connectivity index (χ2v) is 6.01. The Labute approximate surface area is 135 Å². The Hall–Kier alpha value is -2.36. The quantitative estimate of drug-likeness (QED) is 0.681. The summed E-state index contributed by atoms with van der Waals surface area (Å²) in [5.41, 5.74) is 3.95. The van der Waals surface area contributed by atoms with Crippen molar-refractivity contribution in [3.05, 3.63) is 76.9 Å². The van der Waals surface area contributed by atoms with E-state index in [2.05, 4.69) is 23.5 Å². The Bertz CT molecular complexity index is 873. The van der Waals surface area contributed by atoms with Crippen molar-refractivity contribution >= 4 is 10.8 Å². The van der Waals surface area contributed by atoms with Gasteiger partial charge in [0.2, 0.25) is 0 Å². The number of benzene rings is 3. The van der Waals surface area contributed by atoms with Crippen LogP contribution in [0, 0.1) is 0 Å². The fraction of sp³-hybridized carbons (Fsp3) is 0.200. The summed E-state index contributed by atoms with van der Waals surface area (Å²) in [6, 6.07) is 18.2. The molecule has 0 bridgehead atoms. The minimum absolute atomic E-state index is 0.0589. The van der Waals surface area contributed by atoms with Gasteiger partial charge in [-0.05, 0) is 34.4 Å². The monoisotopic (exact) mass is 305 g/mol. The minimum Gasteiger partial charge on any atom is -0.507 e. The molecule has 23 heavy (non-hydrogen) atoms. The van der Waals surface area contributed by atoms with Crippen LogP contribution in [0.2, 0.25) is 0 Å². The molecule has 0 aromatic heterocycles. The number of fused-ring (bicyclic) bond motifs is 2. The Balaban J connectivity index is 2.01. The number of nitrogens with one attached hydrogen (secondary N) is 1. The molecule has 0 radical (unpaired) electrons. The molecular weight excluding hydrogens is 286 g/mol. The number of aromatic hydroxyl groups is 1. The van der Waals surface area contributed by atoms with Crippen LogP contribution in [0.3, 0.4) is 0 Å². The zero-order valence-corrected chi connectivity index (χ0v) is 12.8. The molecule has 0 saturated heterocycles. The van der Waals surface area contributed by atoms with Gasteiger partial charge in [-0.2, -0.15) is 0 Å². The maximum absolute atomic E-state index is 10.8. The molecule has 0 spiro atoms. The van der Waals surface area contributed by atoms with Crippen molar-refractivity contribution in [2.24, 2.45) is 0 Å². The molecule has 1 aliphatic heterocycles. The SMILES string of the molecule is OCc1cc2ccccc2c(C2NCCc3ccccc32)c1O. The van der Waals surface area contributed by atoms with Gasteiger partial charge < -0.3 is 15.5 Å². The highest BCUT2D eigenvalue weighted by atomic mass is 16.3. The third-order valence-corrected chi connectivity index (χ3v) is 4.71. The molecule has 4 rings (SSSR count). The summed E-state index contributed by atoms with van der Waals surface area (Å²) in [6.45, 7) is 0.705. The van der Waals surface area contributed by atoms with Crippen LogP contribution in [0.25, 0.3) is 10.8 Å². The summed E-state index contributed by atoms with van der Waals surface area (Å²) >= 11 is 0. The number of aliphatic hydroxyl groups excluding tert-OH is 1. The highest BCUT2D eigenvalue weighted by Gasteiger charge is 2.26. The molecule has 1 unspecified atom stereocenters. The molecular formula is C20H19NO2. The van der Waals surface area contributed by atoms with E-state index in [0.717, 1.165) is 29.3 Å². The Kier molecular flexibility index (Phi) is 3.52. The van der Waals surface area contributed by atoms with E-state index in [1.54, 1.807) is 0 Å². The second kappa shape index (κ2) is 5.69. The second-order valence-electron chi connectivity index (χ2n) is 6.01. The molecule has 1 heterocycles. The fourth-order valence-corrected chi connectivity index (χ4v) is 3.60. The molecule has 3 heteroatoms. The third kappa shape index (κ3) is 2.29. The predicted molar refractivity (Wildman–Crippen MR) is 91.5 cm³/mol. The standard InChI is InChI=1S/C20H19NO2/c22-12-15-11-14-6-2-3-7-16(14)18(20(15)23)19-17-8-4-1-5-13(17)9-10-21-19/h1-8,11,19,21-23H,9-10,12H2. The molecule has 0 fully saturated rings. The van der Waals surface area contributed by atoms with Crippen molar-refractivity contribution in [1.29, 1.82) is 0 Å². The summed E-state index contributed by atoms with van der Waals surface area (Å²) < 4.78 is 0. The average molecular weight is 305 g/mol. The van der Waals surface area contributed by atoms with Crippen LogP contribution in [-0.2, 0) is 13.0 Å². The smallest absolute Gasteiger partial charge is 0.126 e. The van der Waals surface area contributed by atoms with Crippen LogP contribution in [0.1, 0.15) is 28.3 Å². The van der Waals surface area contributed by atoms with Crippen molar-refractivity contribution in [3.63, 3.8) is 0 Å². The van der Waals surface area contributed by atoms with Crippen LogP contribution >= 0.6 is 0 Å². The van der Waals surface area contributed by atoms with Crippen LogP contribution in [0.4, 0.5) is 0 Å². The maximum Gasteiger partial charge on any atom is 0.126 e. The maximum atomic E-state index is 10.8. The summed E-state index contributed by atoms with van der Waals surface area (Å²) in [5.74, 6) is 0.195. The largest absolute Gasteiger partial charge is 0.507 e. The van der Waals surface area contributed by atoms with Gasteiger partial charge in [-0.3, -0.25) is 0 Å². The topological polar surface area (TPSA) is 52.5 Å². The van der Waals surface area contributed by atoms with E-state index < -0.39 is 0 Å². The zero-order chi connectivity index (χ0) is 15.8. The van der Waals surface area contributed by atoms with Gasteiger partial charge in [-0.15, -0.1) is 0 Å². The van der Waals surface area contributed by atoms with E-state index in [1.807, 2.05) is 36.4 Å². The van der Waals surface area contributed by atoms with Crippen LogP contribution < -0.4 is 5.32 Å². The molecule has 3 aromatic rings. The van der Waals surface area contributed by atoms with E-state index in [4.69, 9.17) is 0 Å². The van der Waals surface area contributed by atoms with E-state index >= 15 is 0 Å². The van der Waals surface area contributed by atoms with E-state index in [-0.39, 0.29) is 18.4 Å². The zero-order valence-electron chi connectivity index (χ0n) is 12.8. The first-order chi connectivity index (χ1) is 11.3. The number of hydrogen-bond donors (Lipinski definition) is 3. The molecule has 0 aliphatic carbocycles. The van der Waals surface area contributed by atoms with E-state index in [1.165, 1.54) is 11.1 Å². The van der Waals surface area contributed by atoms with Gasteiger partial charge >= 0.3 is 0 Å². The first kappa shape index (κ1) is 14.2. The summed E-state index contributed by atoms with van der Waals surface area (Å²) in [7, 11) is 0. The van der Waals surface area contributed by atoms with Gasteiger partial charge in [-0.1, -0.05) is 48.5 Å². The molecule has 1 aliphatic rings. The lowest BCUT2D eigenvalue weighted by atomic mass is 9.86. The predicted octanol–water partition coefficient (Wildman–Crippen LogP) is 3.27. The Morgan fingerprint density at radius 1 is 1.04 bits per heavy atom. The van der Waals surface area contributed by atoms with E-state index in [9.17, 15) is 10.2 Å². The van der Waals surface area contributed by atoms with Crippen molar-refractivity contribution in [2.45, 2.75) is 19.1 Å². The molecule has 1 atom stereocenters. The molecule has 0 saturated carbocycles. The Morgan fingerprint density at radius 3 is 2.70 bits per heavy atom. The van der Waals surface area contributed by atoms with Gasteiger partial charge in [0.1, 0.15) is 5.75 Å². The molecule has 0 amide bonds. The van der Waals surface area contributed by atoms with Gasteiger partial charge in [0.25, 0.3) is 0 Å². The Morgan fingerprint density at radius 2 is 1.83 bits per heavy atom. The van der Waals surface area contributed by atoms with Gasteiger partial charge in [-0.25, -0.2) is 0 Å². The average Bonchev–Trinajstić information content (AvgIpc) is 2.61. The highest BCUT2D eigenvalue weighted by Crippen LogP contribution is 2.40. The number of aliphatic hydroxyl groups is 1. The van der Waals surface area contributed by atoms with Gasteiger partial charge in [0.05, 0.1) is 12.6 Å². The minimum atomic E-state index is -0.169. The number of phenols is 1. The molecule has 3 aromatic carbocycles. The van der Waals surface area contributed by atoms with Crippen molar-refractivity contribution in [1.82, 2.24) is 5.32 Å². The lowest BCUT2D eigenvalue weighted by molar-refractivity contribution is 0.275. The van der Waals surface area contributed by atoms with Gasteiger partial charge in [0.15, 0.2) is 0 Å². The van der Waals surface area contributed by atoms with E-state index in [0.29, 0.717) is 5.56 Å². The van der Waals surface area contributed by atoms with Crippen LogP contribution in [0.5, 0.6) is 5.75 Å². The fourth-order valence-electron chi connectivity index (χ4n) is 3.60. The lowest BCUT2D eigenvalue weighted by Crippen LogP contribution is -2.30. The highest BCUT2D eigenvalue weighted by molar-refractivity contribution is 5.90. The summed E-state index contributed by atoms with van der Waals surface area (Å²) in [4.78, 5) is 0. The first-order valence-electron chi connectivity index (χ1n) is 7.95. The summed E-state index contributed by atoms with van der Waals surface area (Å²) in [6.07, 6.45) is 0.991. The normalized spacial score (nSPS) is 17.2. The van der Waals surface area contributed by atoms with Crippen LogP contribution in [-0.4, -0.2) is 16.8 Å². The summed E-state index contributed by atoms with van der Waals surface area (Å²) in [5, 5.41) is 26.0. The number of hydrogen-bond acceptors (Lipinski definition) is 3. The first-order valence-corrected chi connectivity index (χ1v) is 7.95.